The Bertz CT molecular complexity index is 706. The Morgan fingerprint density at radius 3 is 2.55 bits per heavy atom. The second-order valence-electron chi connectivity index (χ2n) is 5.85. The Labute approximate surface area is 136 Å². The molecule has 0 aromatic heterocycles. The van der Waals surface area contributed by atoms with Gasteiger partial charge in [0.05, 0.1) is 22.8 Å². The molecule has 0 bridgehead atoms. The molecule has 7 heteroatoms. The van der Waals surface area contributed by atoms with Crippen molar-refractivity contribution in [1.29, 1.82) is 5.26 Å². The quantitative estimate of drug-likeness (QED) is 0.817. The lowest BCUT2D eigenvalue weighted by atomic mass is 10.1. The molecule has 118 valence electrons. The monoisotopic (exact) mass is 339 g/mol. The van der Waals surface area contributed by atoms with Gasteiger partial charge in [0.2, 0.25) is 0 Å². The van der Waals surface area contributed by atoms with Crippen LogP contribution < -0.4 is 4.90 Å². The third-order valence-electron chi connectivity index (χ3n) is 4.46. The van der Waals surface area contributed by atoms with Gasteiger partial charge in [-0.3, -0.25) is 4.90 Å². The third-order valence-corrected chi connectivity index (χ3v) is 6.44. The van der Waals surface area contributed by atoms with E-state index in [9.17, 15) is 13.7 Å². The lowest BCUT2D eigenvalue weighted by Crippen LogP contribution is -2.51. The van der Waals surface area contributed by atoms with Crippen LogP contribution in [-0.4, -0.2) is 57.0 Å². The molecule has 1 aromatic carbocycles. The van der Waals surface area contributed by atoms with Crippen LogP contribution in [0.3, 0.4) is 0 Å². The Hall–Kier alpha value is -1.29. The maximum Gasteiger partial charge on any atom is 0.151 e. The maximum absolute atomic E-state index is 11.6. The fourth-order valence-corrected chi connectivity index (χ4v) is 5.20. The first-order valence-corrected chi connectivity index (χ1v) is 9.57. The number of hydrogen-bond donors (Lipinski definition) is 0. The third kappa shape index (κ3) is 3.22. The fourth-order valence-electron chi connectivity index (χ4n) is 3.26. The highest BCUT2D eigenvalue weighted by molar-refractivity contribution is 7.91. The molecular formula is C15H18ClN3O2S. The molecule has 1 aromatic rings. The minimum absolute atomic E-state index is 0.160. The summed E-state index contributed by atoms with van der Waals surface area (Å²) in [6.45, 7) is 3.25. The second kappa shape index (κ2) is 6.07. The largest absolute Gasteiger partial charge is 0.368 e. The van der Waals surface area contributed by atoms with Crippen LogP contribution >= 0.6 is 11.6 Å². The van der Waals surface area contributed by atoms with Gasteiger partial charge in [-0.2, -0.15) is 5.26 Å². The molecule has 2 saturated heterocycles. The summed E-state index contributed by atoms with van der Waals surface area (Å²) in [6.07, 6.45) is 0.743. The van der Waals surface area contributed by atoms with Gasteiger partial charge in [0, 0.05) is 37.2 Å². The lowest BCUT2D eigenvalue weighted by molar-refractivity contribution is 0.200. The Morgan fingerprint density at radius 1 is 1.23 bits per heavy atom. The lowest BCUT2D eigenvalue weighted by Gasteiger charge is -2.39. The predicted octanol–water partition coefficient (Wildman–Crippen LogP) is 1.52. The second-order valence-corrected chi connectivity index (χ2v) is 8.52. The van der Waals surface area contributed by atoms with E-state index in [-0.39, 0.29) is 11.8 Å². The molecule has 3 rings (SSSR count). The van der Waals surface area contributed by atoms with Crippen molar-refractivity contribution in [2.75, 3.05) is 42.6 Å². The Morgan fingerprint density at radius 2 is 1.95 bits per heavy atom. The van der Waals surface area contributed by atoms with E-state index >= 15 is 0 Å². The molecule has 2 aliphatic rings. The topological polar surface area (TPSA) is 64.4 Å². The zero-order valence-corrected chi connectivity index (χ0v) is 13.8. The number of anilines is 1. The first-order valence-electron chi connectivity index (χ1n) is 7.37. The minimum atomic E-state index is -2.84. The van der Waals surface area contributed by atoms with E-state index < -0.39 is 9.84 Å². The standard InChI is InChI=1S/C15H18ClN3O2S/c16-13-1-2-15(12(9-13)10-17)19-6-4-18(5-7-19)14-3-8-22(20,21)11-14/h1-2,9,14H,3-8,11H2. The molecule has 22 heavy (non-hydrogen) atoms. The number of halogens is 1. The number of hydrogen-bond acceptors (Lipinski definition) is 5. The van der Waals surface area contributed by atoms with Crippen LogP contribution in [0.4, 0.5) is 5.69 Å². The van der Waals surface area contributed by atoms with Gasteiger partial charge in [-0.1, -0.05) is 11.6 Å². The molecule has 0 aliphatic carbocycles. The van der Waals surface area contributed by atoms with E-state index in [1.807, 2.05) is 6.07 Å². The van der Waals surface area contributed by atoms with Crippen molar-refractivity contribution in [2.45, 2.75) is 12.5 Å². The van der Waals surface area contributed by atoms with E-state index in [1.54, 1.807) is 12.1 Å². The van der Waals surface area contributed by atoms with Gasteiger partial charge in [0.25, 0.3) is 0 Å². The van der Waals surface area contributed by atoms with Crippen LogP contribution in [0.2, 0.25) is 5.02 Å². The van der Waals surface area contributed by atoms with Crippen molar-refractivity contribution in [1.82, 2.24) is 4.90 Å². The molecule has 0 radical (unpaired) electrons. The van der Waals surface area contributed by atoms with Crippen molar-refractivity contribution in [2.24, 2.45) is 0 Å². The Kier molecular flexibility index (Phi) is 4.31. The number of sulfone groups is 1. The molecule has 1 unspecified atom stereocenters. The smallest absolute Gasteiger partial charge is 0.151 e. The summed E-state index contributed by atoms with van der Waals surface area (Å²) in [5.74, 6) is 0.602. The summed E-state index contributed by atoms with van der Waals surface area (Å²) in [5, 5.41) is 9.81. The van der Waals surface area contributed by atoms with Crippen LogP contribution in [-0.2, 0) is 9.84 Å². The minimum Gasteiger partial charge on any atom is -0.368 e. The predicted molar refractivity (Wildman–Crippen MR) is 87.0 cm³/mol. The molecular weight excluding hydrogens is 322 g/mol. The number of piperazine rings is 1. The highest BCUT2D eigenvalue weighted by Gasteiger charge is 2.33. The van der Waals surface area contributed by atoms with Crippen molar-refractivity contribution < 1.29 is 8.42 Å². The molecule has 5 nitrogen and oxygen atoms in total. The molecule has 0 amide bonds. The van der Waals surface area contributed by atoms with Crippen LogP contribution in [0.1, 0.15) is 12.0 Å². The van der Waals surface area contributed by atoms with E-state index in [0.717, 1.165) is 38.3 Å². The molecule has 2 fully saturated rings. The molecule has 1 atom stereocenters. The van der Waals surface area contributed by atoms with Gasteiger partial charge < -0.3 is 4.90 Å². The SMILES string of the molecule is N#Cc1cc(Cl)ccc1N1CCN(C2CCS(=O)(=O)C2)CC1. The molecule has 2 heterocycles. The average Bonchev–Trinajstić information content (AvgIpc) is 2.87. The van der Waals surface area contributed by atoms with E-state index in [4.69, 9.17) is 11.6 Å². The highest BCUT2D eigenvalue weighted by Crippen LogP contribution is 2.26. The number of nitriles is 1. The maximum atomic E-state index is 11.6. The molecule has 0 spiro atoms. The summed E-state index contributed by atoms with van der Waals surface area (Å²) in [7, 11) is -2.84. The van der Waals surface area contributed by atoms with Crippen LogP contribution in [0.25, 0.3) is 0 Å². The average molecular weight is 340 g/mol. The summed E-state index contributed by atoms with van der Waals surface area (Å²) in [6, 6.07) is 7.72. The van der Waals surface area contributed by atoms with Gasteiger partial charge >= 0.3 is 0 Å². The Balaban J connectivity index is 1.66. The molecule has 0 saturated carbocycles. The van der Waals surface area contributed by atoms with E-state index in [1.165, 1.54) is 0 Å². The van der Waals surface area contributed by atoms with Crippen LogP contribution in [0.15, 0.2) is 18.2 Å². The highest BCUT2D eigenvalue weighted by atomic mass is 35.5. The van der Waals surface area contributed by atoms with Gasteiger partial charge in [0.1, 0.15) is 6.07 Å². The first-order chi connectivity index (χ1) is 10.5. The zero-order chi connectivity index (χ0) is 15.7. The zero-order valence-electron chi connectivity index (χ0n) is 12.2. The number of nitrogens with zero attached hydrogens (tertiary/aromatic N) is 3. The summed E-state index contributed by atoms with van der Waals surface area (Å²) >= 11 is 5.94. The summed E-state index contributed by atoms with van der Waals surface area (Å²) in [4.78, 5) is 4.44. The molecule has 0 N–H and O–H groups in total. The first kappa shape index (κ1) is 15.6. The van der Waals surface area contributed by atoms with Crippen molar-refractivity contribution in [3.8, 4) is 6.07 Å². The van der Waals surface area contributed by atoms with Gasteiger partial charge in [-0.25, -0.2) is 8.42 Å². The van der Waals surface area contributed by atoms with Crippen molar-refractivity contribution in [3.05, 3.63) is 28.8 Å². The summed E-state index contributed by atoms with van der Waals surface area (Å²) < 4.78 is 23.2. The normalized spacial score (nSPS) is 25.1. The van der Waals surface area contributed by atoms with Gasteiger partial charge in [-0.05, 0) is 24.6 Å². The van der Waals surface area contributed by atoms with Crippen LogP contribution in [0, 0.1) is 11.3 Å². The van der Waals surface area contributed by atoms with Crippen LogP contribution in [0.5, 0.6) is 0 Å². The van der Waals surface area contributed by atoms with Gasteiger partial charge in [0.15, 0.2) is 9.84 Å². The fraction of sp³-hybridized carbons (Fsp3) is 0.533. The number of benzene rings is 1. The van der Waals surface area contributed by atoms with Crippen molar-refractivity contribution >= 4 is 27.1 Å². The van der Waals surface area contributed by atoms with E-state index in [2.05, 4.69) is 15.9 Å². The molecule has 2 aliphatic heterocycles. The number of rotatable bonds is 2. The van der Waals surface area contributed by atoms with Gasteiger partial charge in [-0.15, -0.1) is 0 Å². The van der Waals surface area contributed by atoms with Crippen molar-refractivity contribution in [3.63, 3.8) is 0 Å². The van der Waals surface area contributed by atoms with E-state index in [0.29, 0.717) is 16.3 Å². The summed E-state index contributed by atoms with van der Waals surface area (Å²) in [5.41, 5.74) is 1.50.